The molecular weight excluding hydrogens is 302 g/mol. The molecular formula is C18H25N5O. The van der Waals surface area contributed by atoms with Crippen LogP contribution in [0.25, 0.3) is 5.65 Å². The molecule has 2 aromatic heterocycles. The van der Waals surface area contributed by atoms with E-state index in [1.54, 1.807) is 10.7 Å². The van der Waals surface area contributed by atoms with Gasteiger partial charge in [0, 0.05) is 30.5 Å². The summed E-state index contributed by atoms with van der Waals surface area (Å²) < 4.78 is 1.69. The van der Waals surface area contributed by atoms with Gasteiger partial charge >= 0.3 is 0 Å². The molecule has 0 spiro atoms. The van der Waals surface area contributed by atoms with Crippen LogP contribution in [-0.2, 0) is 0 Å². The monoisotopic (exact) mass is 327 g/mol. The van der Waals surface area contributed by atoms with Crippen molar-refractivity contribution in [1.29, 1.82) is 0 Å². The standard InChI is InChI=1S/C18H25N5O/c1-3-21-9-4-6-15(21)16-7-5-10-22(16)18(24)14-12-19-23-11-8-13(2)20-17(14)23/h8,11-12,15-16H,3-7,9-10H2,1-2H3/t15-,16-/m0/s1. The van der Waals surface area contributed by atoms with Gasteiger partial charge in [-0.2, -0.15) is 5.10 Å². The molecule has 2 aliphatic heterocycles. The van der Waals surface area contributed by atoms with E-state index in [0.717, 1.165) is 38.2 Å². The van der Waals surface area contributed by atoms with Crippen molar-refractivity contribution in [3.63, 3.8) is 0 Å². The van der Waals surface area contributed by atoms with Crippen molar-refractivity contribution in [3.8, 4) is 0 Å². The maximum Gasteiger partial charge on any atom is 0.259 e. The Kier molecular flexibility index (Phi) is 4.00. The van der Waals surface area contributed by atoms with Crippen LogP contribution >= 0.6 is 0 Å². The second-order valence-corrected chi connectivity index (χ2v) is 6.94. The Morgan fingerprint density at radius 1 is 1.25 bits per heavy atom. The molecule has 0 radical (unpaired) electrons. The SMILES string of the molecule is CCN1CCC[C@H]1[C@@H]1CCCN1C(=O)c1cnn2ccc(C)nc12. The molecule has 0 saturated carbocycles. The molecule has 0 unspecified atom stereocenters. The lowest BCUT2D eigenvalue weighted by Crippen LogP contribution is -2.48. The van der Waals surface area contributed by atoms with Crippen LogP contribution in [0.2, 0.25) is 0 Å². The molecule has 4 heterocycles. The molecule has 2 aliphatic rings. The van der Waals surface area contributed by atoms with Crippen molar-refractivity contribution >= 4 is 11.6 Å². The van der Waals surface area contributed by atoms with Crippen molar-refractivity contribution in [1.82, 2.24) is 24.4 Å². The minimum atomic E-state index is 0.0913. The first kappa shape index (κ1) is 15.6. The van der Waals surface area contributed by atoms with E-state index in [9.17, 15) is 4.79 Å². The number of fused-ring (bicyclic) bond motifs is 1. The normalized spacial score (nSPS) is 25.0. The lowest BCUT2D eigenvalue weighted by atomic mass is 10.0. The molecule has 0 aliphatic carbocycles. The summed E-state index contributed by atoms with van der Waals surface area (Å²) in [5.74, 6) is 0.0913. The van der Waals surface area contributed by atoms with Crippen LogP contribution in [0.5, 0.6) is 0 Å². The molecule has 2 atom stereocenters. The van der Waals surface area contributed by atoms with E-state index in [1.165, 1.54) is 12.8 Å². The fourth-order valence-electron chi connectivity index (χ4n) is 4.39. The summed E-state index contributed by atoms with van der Waals surface area (Å²) in [6.07, 6.45) is 8.19. The second-order valence-electron chi connectivity index (χ2n) is 6.94. The molecule has 2 fully saturated rings. The Balaban J connectivity index is 1.64. The fourth-order valence-corrected chi connectivity index (χ4v) is 4.39. The number of hydrogen-bond acceptors (Lipinski definition) is 4. The van der Waals surface area contributed by atoms with Gasteiger partial charge in [0.05, 0.1) is 6.20 Å². The first-order valence-corrected chi connectivity index (χ1v) is 9.05. The van der Waals surface area contributed by atoms with Crippen LogP contribution in [0.4, 0.5) is 0 Å². The lowest BCUT2D eigenvalue weighted by molar-refractivity contribution is 0.0651. The maximum absolute atomic E-state index is 13.2. The molecule has 2 saturated heterocycles. The van der Waals surface area contributed by atoms with Crippen molar-refractivity contribution in [2.45, 2.75) is 51.6 Å². The average molecular weight is 327 g/mol. The van der Waals surface area contributed by atoms with E-state index in [4.69, 9.17) is 0 Å². The molecule has 24 heavy (non-hydrogen) atoms. The smallest absolute Gasteiger partial charge is 0.259 e. The number of likely N-dealkylation sites (N-methyl/N-ethyl adjacent to an activating group) is 1. The molecule has 6 nitrogen and oxygen atoms in total. The molecule has 1 amide bonds. The zero-order valence-corrected chi connectivity index (χ0v) is 14.5. The van der Waals surface area contributed by atoms with Crippen LogP contribution in [0.15, 0.2) is 18.5 Å². The number of amides is 1. The van der Waals surface area contributed by atoms with Crippen LogP contribution in [0, 0.1) is 6.92 Å². The summed E-state index contributed by atoms with van der Waals surface area (Å²) >= 11 is 0. The van der Waals surface area contributed by atoms with Gasteiger partial charge < -0.3 is 4.90 Å². The number of aromatic nitrogens is 3. The minimum Gasteiger partial charge on any atom is -0.334 e. The molecule has 0 bridgehead atoms. The predicted octanol–water partition coefficient (Wildman–Crippen LogP) is 2.13. The summed E-state index contributed by atoms with van der Waals surface area (Å²) in [6.45, 7) is 7.24. The Morgan fingerprint density at radius 2 is 2.04 bits per heavy atom. The van der Waals surface area contributed by atoms with Crippen LogP contribution in [-0.4, -0.2) is 62.0 Å². The number of nitrogens with zero attached hydrogens (tertiary/aromatic N) is 5. The zero-order chi connectivity index (χ0) is 16.7. The van der Waals surface area contributed by atoms with Crippen LogP contribution < -0.4 is 0 Å². The largest absolute Gasteiger partial charge is 0.334 e. The highest BCUT2D eigenvalue weighted by Gasteiger charge is 2.40. The number of likely N-dealkylation sites (tertiary alicyclic amines) is 2. The molecule has 6 heteroatoms. The van der Waals surface area contributed by atoms with Gasteiger partial charge in [-0.25, -0.2) is 9.50 Å². The quantitative estimate of drug-likeness (QED) is 0.866. The fraction of sp³-hybridized carbons (Fsp3) is 0.611. The van der Waals surface area contributed by atoms with Gasteiger partial charge in [-0.1, -0.05) is 6.92 Å². The molecule has 0 aromatic carbocycles. The number of carbonyl (C=O) groups is 1. The summed E-state index contributed by atoms with van der Waals surface area (Å²) in [4.78, 5) is 22.4. The van der Waals surface area contributed by atoms with Gasteiger partial charge in [-0.15, -0.1) is 0 Å². The number of carbonyl (C=O) groups excluding carboxylic acids is 1. The Bertz CT molecular complexity index is 755. The first-order valence-electron chi connectivity index (χ1n) is 9.05. The summed E-state index contributed by atoms with van der Waals surface area (Å²) in [5, 5.41) is 4.30. The average Bonchev–Trinajstić information content (AvgIpc) is 3.31. The van der Waals surface area contributed by atoms with Crippen LogP contribution in [0.3, 0.4) is 0 Å². The van der Waals surface area contributed by atoms with Gasteiger partial charge in [-0.05, 0) is 51.8 Å². The van der Waals surface area contributed by atoms with E-state index in [1.807, 2.05) is 19.2 Å². The van der Waals surface area contributed by atoms with Crippen molar-refractivity contribution in [2.75, 3.05) is 19.6 Å². The van der Waals surface area contributed by atoms with E-state index in [2.05, 4.69) is 26.8 Å². The van der Waals surface area contributed by atoms with E-state index in [0.29, 0.717) is 23.3 Å². The van der Waals surface area contributed by atoms with Crippen LogP contribution in [0.1, 0.15) is 48.7 Å². The summed E-state index contributed by atoms with van der Waals surface area (Å²) in [6, 6.07) is 2.75. The molecule has 128 valence electrons. The third kappa shape index (κ3) is 2.49. The molecule has 4 rings (SSSR count). The molecule has 0 N–H and O–H groups in total. The first-order chi connectivity index (χ1) is 11.7. The third-order valence-corrected chi connectivity index (χ3v) is 5.56. The maximum atomic E-state index is 13.2. The van der Waals surface area contributed by atoms with Crippen molar-refractivity contribution < 1.29 is 4.79 Å². The zero-order valence-electron chi connectivity index (χ0n) is 14.5. The lowest BCUT2D eigenvalue weighted by Gasteiger charge is -2.34. The number of aryl methyl sites for hydroxylation is 1. The van der Waals surface area contributed by atoms with E-state index in [-0.39, 0.29) is 5.91 Å². The summed E-state index contributed by atoms with van der Waals surface area (Å²) in [5.41, 5.74) is 2.21. The van der Waals surface area contributed by atoms with Crippen molar-refractivity contribution in [3.05, 3.63) is 29.7 Å². The Labute approximate surface area is 142 Å². The topological polar surface area (TPSA) is 53.7 Å². The van der Waals surface area contributed by atoms with Gasteiger partial charge in [-0.3, -0.25) is 9.69 Å². The number of rotatable bonds is 3. The van der Waals surface area contributed by atoms with E-state index >= 15 is 0 Å². The van der Waals surface area contributed by atoms with Crippen molar-refractivity contribution in [2.24, 2.45) is 0 Å². The Hall–Kier alpha value is -1.95. The minimum absolute atomic E-state index is 0.0913. The third-order valence-electron chi connectivity index (χ3n) is 5.56. The number of hydrogen-bond donors (Lipinski definition) is 0. The van der Waals surface area contributed by atoms with Gasteiger partial charge in [0.25, 0.3) is 5.91 Å². The Morgan fingerprint density at radius 3 is 2.88 bits per heavy atom. The molecule has 2 aromatic rings. The van der Waals surface area contributed by atoms with Gasteiger partial charge in [0.2, 0.25) is 0 Å². The predicted molar refractivity (Wildman–Crippen MR) is 92.1 cm³/mol. The summed E-state index contributed by atoms with van der Waals surface area (Å²) in [7, 11) is 0. The highest BCUT2D eigenvalue weighted by atomic mass is 16.2. The van der Waals surface area contributed by atoms with E-state index < -0.39 is 0 Å². The van der Waals surface area contributed by atoms with Gasteiger partial charge in [0.15, 0.2) is 5.65 Å². The second kappa shape index (κ2) is 6.16. The highest BCUT2D eigenvalue weighted by molar-refractivity contribution is 6.00. The van der Waals surface area contributed by atoms with Gasteiger partial charge in [0.1, 0.15) is 5.56 Å². The highest BCUT2D eigenvalue weighted by Crippen LogP contribution is 2.31.